The van der Waals surface area contributed by atoms with Gasteiger partial charge < -0.3 is 10.2 Å². The van der Waals surface area contributed by atoms with Crippen LogP contribution < -0.4 is 10.2 Å². The van der Waals surface area contributed by atoms with Crippen molar-refractivity contribution in [2.45, 2.75) is 26.7 Å². The van der Waals surface area contributed by atoms with Crippen LogP contribution in [-0.4, -0.2) is 29.0 Å². The Morgan fingerprint density at radius 2 is 1.92 bits per heavy atom. The molecule has 1 fully saturated rings. The monoisotopic (exact) mass is 378 g/mol. The van der Waals surface area contributed by atoms with Crippen molar-refractivity contribution in [3.05, 3.63) is 45.7 Å². The molecule has 0 bridgehead atoms. The molecular formula is C18H20Cl2N4O. The zero-order valence-corrected chi connectivity index (χ0v) is 15.7. The van der Waals surface area contributed by atoms with Crippen LogP contribution >= 0.6 is 23.2 Å². The molecule has 1 unspecified atom stereocenters. The number of halogens is 2. The van der Waals surface area contributed by atoms with Crippen LogP contribution in [0.15, 0.2) is 24.3 Å². The van der Waals surface area contributed by atoms with Crippen molar-refractivity contribution in [2.75, 3.05) is 23.3 Å². The van der Waals surface area contributed by atoms with E-state index in [1.807, 2.05) is 6.92 Å². The fourth-order valence-electron chi connectivity index (χ4n) is 3.00. The third-order valence-electron chi connectivity index (χ3n) is 4.14. The first-order valence-electron chi connectivity index (χ1n) is 8.29. The Bertz CT molecular complexity index is 776. The molecule has 1 N–H and O–H groups in total. The highest BCUT2D eigenvalue weighted by molar-refractivity contribution is 6.35. The molecule has 0 spiro atoms. The van der Waals surface area contributed by atoms with Crippen LogP contribution in [0.1, 0.15) is 35.9 Å². The van der Waals surface area contributed by atoms with Gasteiger partial charge in [0.25, 0.3) is 5.91 Å². The van der Waals surface area contributed by atoms with Crippen LogP contribution in [0, 0.1) is 12.8 Å². The zero-order valence-electron chi connectivity index (χ0n) is 14.2. The molecule has 1 aliphatic rings. The molecule has 1 amide bonds. The summed E-state index contributed by atoms with van der Waals surface area (Å²) < 4.78 is 0. The van der Waals surface area contributed by atoms with Gasteiger partial charge in [0.2, 0.25) is 5.95 Å². The molecule has 132 valence electrons. The number of rotatable bonds is 3. The predicted octanol–water partition coefficient (Wildman–Crippen LogP) is 4.58. The van der Waals surface area contributed by atoms with Crippen LogP contribution in [0.3, 0.4) is 0 Å². The molecule has 0 radical (unpaired) electrons. The van der Waals surface area contributed by atoms with Crippen molar-refractivity contribution >= 4 is 40.7 Å². The minimum Gasteiger partial charge on any atom is -0.341 e. The van der Waals surface area contributed by atoms with Gasteiger partial charge in [0, 0.05) is 34.5 Å². The van der Waals surface area contributed by atoms with Gasteiger partial charge in [0.1, 0.15) is 5.69 Å². The minimum absolute atomic E-state index is 0.310. The summed E-state index contributed by atoms with van der Waals surface area (Å²) in [7, 11) is 0. The van der Waals surface area contributed by atoms with Crippen LogP contribution in [0.2, 0.25) is 10.0 Å². The van der Waals surface area contributed by atoms with E-state index < -0.39 is 0 Å². The molecule has 1 atom stereocenters. The molecule has 0 aliphatic carbocycles. The van der Waals surface area contributed by atoms with Gasteiger partial charge in [-0.15, -0.1) is 0 Å². The number of carbonyl (C=O) groups excluding carboxylic acids is 1. The van der Waals surface area contributed by atoms with Crippen molar-refractivity contribution in [3.8, 4) is 0 Å². The second kappa shape index (κ2) is 7.58. The number of nitrogens with zero attached hydrogens (tertiary/aromatic N) is 3. The Morgan fingerprint density at radius 1 is 1.20 bits per heavy atom. The Morgan fingerprint density at radius 3 is 2.60 bits per heavy atom. The zero-order chi connectivity index (χ0) is 18.0. The summed E-state index contributed by atoms with van der Waals surface area (Å²) in [6, 6.07) is 6.58. The lowest BCUT2D eigenvalue weighted by atomic mass is 10.0. The maximum atomic E-state index is 12.6. The van der Waals surface area contributed by atoms with Crippen molar-refractivity contribution < 1.29 is 4.79 Å². The van der Waals surface area contributed by atoms with Gasteiger partial charge in [-0.05, 0) is 49.9 Å². The SMILES string of the molecule is Cc1cc(C(=O)Nc2cc(Cl)cc(Cl)c2)nc(N2CCCC(C)C2)n1. The number of aromatic nitrogens is 2. The van der Waals surface area contributed by atoms with Crippen LogP contribution in [0.4, 0.5) is 11.6 Å². The molecule has 1 aliphatic heterocycles. The number of carbonyl (C=O) groups is 1. The normalized spacial score (nSPS) is 17.4. The Kier molecular flexibility index (Phi) is 5.45. The van der Waals surface area contributed by atoms with Crippen LogP contribution in [0.5, 0.6) is 0 Å². The number of hydrogen-bond acceptors (Lipinski definition) is 4. The molecule has 2 aromatic rings. The van der Waals surface area contributed by atoms with Gasteiger partial charge >= 0.3 is 0 Å². The molecular weight excluding hydrogens is 359 g/mol. The second-order valence-corrected chi connectivity index (χ2v) is 7.37. The largest absolute Gasteiger partial charge is 0.341 e. The molecule has 1 aromatic heterocycles. The fourth-order valence-corrected chi connectivity index (χ4v) is 3.53. The molecule has 1 saturated heterocycles. The highest BCUT2D eigenvalue weighted by Gasteiger charge is 2.20. The Balaban J connectivity index is 1.82. The maximum Gasteiger partial charge on any atom is 0.274 e. The lowest BCUT2D eigenvalue weighted by molar-refractivity contribution is 0.102. The van der Waals surface area contributed by atoms with Crippen molar-refractivity contribution in [1.29, 1.82) is 0 Å². The van der Waals surface area contributed by atoms with Gasteiger partial charge in [-0.1, -0.05) is 30.1 Å². The summed E-state index contributed by atoms with van der Waals surface area (Å²) in [6.07, 6.45) is 2.33. The molecule has 7 heteroatoms. The van der Waals surface area contributed by atoms with Gasteiger partial charge in [-0.25, -0.2) is 9.97 Å². The fraction of sp³-hybridized carbons (Fsp3) is 0.389. The molecule has 5 nitrogen and oxygen atoms in total. The van der Waals surface area contributed by atoms with Crippen molar-refractivity contribution in [1.82, 2.24) is 9.97 Å². The van der Waals surface area contributed by atoms with Crippen LogP contribution in [-0.2, 0) is 0 Å². The lowest BCUT2D eigenvalue weighted by Gasteiger charge is -2.31. The summed E-state index contributed by atoms with van der Waals surface area (Å²) in [5.41, 5.74) is 1.63. The number of amides is 1. The Hall–Kier alpha value is -1.85. The van der Waals surface area contributed by atoms with E-state index in [0.29, 0.717) is 33.3 Å². The molecule has 25 heavy (non-hydrogen) atoms. The highest BCUT2D eigenvalue weighted by atomic mass is 35.5. The quantitative estimate of drug-likeness (QED) is 0.848. The number of benzene rings is 1. The maximum absolute atomic E-state index is 12.6. The summed E-state index contributed by atoms with van der Waals surface area (Å²) in [6.45, 7) is 5.91. The number of anilines is 2. The van der Waals surface area contributed by atoms with E-state index in [-0.39, 0.29) is 5.91 Å². The van der Waals surface area contributed by atoms with Gasteiger partial charge in [-0.2, -0.15) is 0 Å². The predicted molar refractivity (Wildman–Crippen MR) is 102 cm³/mol. The smallest absolute Gasteiger partial charge is 0.274 e. The number of hydrogen-bond donors (Lipinski definition) is 1. The average molecular weight is 379 g/mol. The standard InChI is InChI=1S/C18H20Cl2N4O/c1-11-4-3-5-24(10-11)18-21-12(2)6-16(23-18)17(25)22-15-8-13(19)7-14(20)9-15/h6-9,11H,3-5,10H2,1-2H3,(H,22,25). The van der Waals surface area contributed by atoms with Crippen molar-refractivity contribution in [2.24, 2.45) is 5.92 Å². The van der Waals surface area contributed by atoms with Gasteiger partial charge in [-0.3, -0.25) is 4.79 Å². The third kappa shape index (κ3) is 4.61. The second-order valence-electron chi connectivity index (χ2n) is 6.50. The van der Waals surface area contributed by atoms with E-state index in [0.717, 1.165) is 25.2 Å². The number of nitrogens with one attached hydrogen (secondary N) is 1. The summed E-state index contributed by atoms with van der Waals surface area (Å²) in [5.74, 6) is 0.903. The van der Waals surface area contributed by atoms with Gasteiger partial charge in [0.15, 0.2) is 0 Å². The number of piperidine rings is 1. The molecule has 1 aromatic carbocycles. The first-order chi connectivity index (χ1) is 11.9. The van der Waals surface area contributed by atoms with Crippen molar-refractivity contribution in [3.63, 3.8) is 0 Å². The first-order valence-corrected chi connectivity index (χ1v) is 9.04. The lowest BCUT2D eigenvalue weighted by Crippen LogP contribution is -2.36. The first kappa shape index (κ1) is 18.0. The molecule has 2 heterocycles. The molecule has 0 saturated carbocycles. The summed E-state index contributed by atoms with van der Waals surface area (Å²) in [5, 5.41) is 3.71. The third-order valence-corrected chi connectivity index (χ3v) is 4.57. The number of aryl methyl sites for hydroxylation is 1. The topological polar surface area (TPSA) is 58.1 Å². The molecule has 3 rings (SSSR count). The minimum atomic E-state index is -0.310. The van der Waals surface area contributed by atoms with Crippen LogP contribution in [0.25, 0.3) is 0 Å². The summed E-state index contributed by atoms with van der Waals surface area (Å²) >= 11 is 12.0. The van der Waals surface area contributed by atoms with E-state index in [9.17, 15) is 4.79 Å². The highest BCUT2D eigenvalue weighted by Crippen LogP contribution is 2.24. The van der Waals surface area contributed by atoms with E-state index in [1.54, 1.807) is 24.3 Å². The van der Waals surface area contributed by atoms with E-state index in [2.05, 4.69) is 27.1 Å². The van der Waals surface area contributed by atoms with Gasteiger partial charge in [0.05, 0.1) is 0 Å². The van der Waals surface area contributed by atoms with E-state index >= 15 is 0 Å². The van der Waals surface area contributed by atoms with E-state index in [1.165, 1.54) is 6.42 Å². The average Bonchev–Trinajstić information content (AvgIpc) is 2.53. The summed E-state index contributed by atoms with van der Waals surface area (Å²) in [4.78, 5) is 23.7. The van der Waals surface area contributed by atoms with E-state index in [4.69, 9.17) is 23.2 Å². The Labute approximate surface area is 157 Å².